The molecule has 0 rings (SSSR count). The minimum absolute atomic E-state index is 0.348. The molecule has 3 heteroatoms. The standard InChI is InChI=1S/C12H25N3/c1-6-7-10(2)15(5)11(3)8-12(4,14)9-13/h10-11H,6-8,14H2,1-5H3. The van der Waals surface area contributed by atoms with Crippen LogP contribution in [0.2, 0.25) is 0 Å². The molecule has 0 aliphatic rings. The predicted octanol–water partition coefficient (Wildman–Crippen LogP) is 2.13. The van der Waals surface area contributed by atoms with Gasteiger partial charge in [-0.3, -0.25) is 0 Å². The minimum Gasteiger partial charge on any atom is -0.314 e. The van der Waals surface area contributed by atoms with E-state index in [1.165, 1.54) is 12.8 Å². The zero-order chi connectivity index (χ0) is 12.1. The molecule has 0 aromatic rings. The lowest BCUT2D eigenvalue weighted by Crippen LogP contribution is -2.45. The zero-order valence-electron chi connectivity index (χ0n) is 10.7. The smallest absolute Gasteiger partial charge is 0.102 e. The van der Waals surface area contributed by atoms with E-state index in [4.69, 9.17) is 11.0 Å². The van der Waals surface area contributed by atoms with E-state index in [2.05, 4.69) is 38.8 Å². The molecular weight excluding hydrogens is 186 g/mol. The summed E-state index contributed by atoms with van der Waals surface area (Å²) < 4.78 is 0. The molecule has 0 aromatic heterocycles. The Bertz CT molecular complexity index is 217. The molecule has 0 radical (unpaired) electrons. The van der Waals surface area contributed by atoms with Crippen LogP contribution >= 0.6 is 0 Å². The van der Waals surface area contributed by atoms with Crippen LogP contribution in [-0.4, -0.2) is 29.6 Å². The summed E-state index contributed by atoms with van der Waals surface area (Å²) >= 11 is 0. The van der Waals surface area contributed by atoms with Crippen LogP contribution in [0.5, 0.6) is 0 Å². The second-order valence-corrected chi connectivity index (χ2v) is 4.89. The first-order chi connectivity index (χ1) is 6.84. The van der Waals surface area contributed by atoms with E-state index < -0.39 is 5.54 Å². The fraction of sp³-hybridized carbons (Fsp3) is 0.917. The van der Waals surface area contributed by atoms with Gasteiger partial charge in [-0.2, -0.15) is 5.26 Å². The highest BCUT2D eigenvalue weighted by Gasteiger charge is 2.24. The van der Waals surface area contributed by atoms with Crippen LogP contribution < -0.4 is 5.73 Å². The molecule has 0 aliphatic carbocycles. The van der Waals surface area contributed by atoms with Crippen molar-refractivity contribution in [1.82, 2.24) is 4.90 Å². The minimum atomic E-state index is -0.709. The first-order valence-corrected chi connectivity index (χ1v) is 5.76. The number of hydrogen-bond donors (Lipinski definition) is 1. The van der Waals surface area contributed by atoms with Gasteiger partial charge in [-0.1, -0.05) is 13.3 Å². The molecule has 3 atom stereocenters. The average Bonchev–Trinajstić information content (AvgIpc) is 2.16. The maximum Gasteiger partial charge on any atom is 0.102 e. The van der Waals surface area contributed by atoms with Gasteiger partial charge >= 0.3 is 0 Å². The molecule has 0 amide bonds. The van der Waals surface area contributed by atoms with Crippen molar-refractivity contribution in [3.63, 3.8) is 0 Å². The lowest BCUT2D eigenvalue weighted by atomic mass is 9.95. The van der Waals surface area contributed by atoms with Gasteiger partial charge in [0, 0.05) is 12.1 Å². The van der Waals surface area contributed by atoms with Gasteiger partial charge in [-0.15, -0.1) is 0 Å². The molecule has 88 valence electrons. The van der Waals surface area contributed by atoms with Crippen molar-refractivity contribution >= 4 is 0 Å². The molecule has 3 nitrogen and oxygen atoms in total. The van der Waals surface area contributed by atoms with Crippen molar-refractivity contribution in [1.29, 1.82) is 5.26 Å². The topological polar surface area (TPSA) is 53.0 Å². The van der Waals surface area contributed by atoms with Crippen LogP contribution in [0.1, 0.15) is 47.0 Å². The van der Waals surface area contributed by atoms with E-state index in [0.29, 0.717) is 18.5 Å². The molecule has 0 saturated heterocycles. The molecule has 0 spiro atoms. The first-order valence-electron chi connectivity index (χ1n) is 5.76. The van der Waals surface area contributed by atoms with Gasteiger partial charge in [0.05, 0.1) is 6.07 Å². The number of rotatable bonds is 6. The summed E-state index contributed by atoms with van der Waals surface area (Å²) in [5, 5.41) is 8.87. The van der Waals surface area contributed by atoms with Crippen molar-refractivity contribution < 1.29 is 0 Å². The molecule has 3 unspecified atom stereocenters. The SMILES string of the molecule is CCCC(C)N(C)C(C)CC(C)(N)C#N. The van der Waals surface area contributed by atoms with Gasteiger partial charge < -0.3 is 10.6 Å². The summed E-state index contributed by atoms with van der Waals surface area (Å²) in [4.78, 5) is 2.31. The van der Waals surface area contributed by atoms with E-state index in [1.807, 2.05) is 0 Å². The maximum atomic E-state index is 8.87. The van der Waals surface area contributed by atoms with Crippen LogP contribution in [0.3, 0.4) is 0 Å². The Labute approximate surface area is 94.2 Å². The Kier molecular flexibility index (Phi) is 5.85. The van der Waals surface area contributed by atoms with E-state index in [0.717, 1.165) is 0 Å². The fourth-order valence-corrected chi connectivity index (χ4v) is 1.86. The van der Waals surface area contributed by atoms with E-state index >= 15 is 0 Å². The fourth-order valence-electron chi connectivity index (χ4n) is 1.86. The molecule has 0 fully saturated rings. The molecular formula is C12H25N3. The summed E-state index contributed by atoms with van der Waals surface area (Å²) in [6.07, 6.45) is 3.10. The summed E-state index contributed by atoms with van der Waals surface area (Å²) in [6, 6.07) is 3.05. The lowest BCUT2D eigenvalue weighted by Gasteiger charge is -2.33. The summed E-state index contributed by atoms with van der Waals surface area (Å²) in [7, 11) is 2.11. The second kappa shape index (κ2) is 6.09. The third-order valence-electron chi connectivity index (χ3n) is 3.07. The third-order valence-corrected chi connectivity index (χ3v) is 3.07. The van der Waals surface area contributed by atoms with E-state index in [9.17, 15) is 0 Å². The van der Waals surface area contributed by atoms with Gasteiger partial charge in [-0.25, -0.2) is 0 Å². The molecule has 2 N–H and O–H groups in total. The lowest BCUT2D eigenvalue weighted by molar-refractivity contribution is 0.166. The monoisotopic (exact) mass is 211 g/mol. The Hall–Kier alpha value is -0.590. The Morgan fingerprint density at radius 3 is 2.33 bits per heavy atom. The van der Waals surface area contributed by atoms with Crippen LogP contribution in [0, 0.1) is 11.3 Å². The Morgan fingerprint density at radius 1 is 1.40 bits per heavy atom. The van der Waals surface area contributed by atoms with Gasteiger partial charge in [-0.05, 0) is 40.7 Å². The van der Waals surface area contributed by atoms with Gasteiger partial charge in [0.25, 0.3) is 0 Å². The van der Waals surface area contributed by atoms with Crippen LogP contribution in [0.4, 0.5) is 0 Å². The number of hydrogen-bond acceptors (Lipinski definition) is 3. The van der Waals surface area contributed by atoms with Gasteiger partial charge in [0.1, 0.15) is 5.54 Å². The highest BCUT2D eigenvalue weighted by molar-refractivity contribution is 5.02. The van der Waals surface area contributed by atoms with Crippen molar-refractivity contribution in [3.05, 3.63) is 0 Å². The van der Waals surface area contributed by atoms with Crippen LogP contribution in [-0.2, 0) is 0 Å². The quantitative estimate of drug-likeness (QED) is 0.732. The zero-order valence-corrected chi connectivity index (χ0v) is 10.7. The van der Waals surface area contributed by atoms with Crippen molar-refractivity contribution in [2.75, 3.05) is 7.05 Å². The summed E-state index contributed by atoms with van der Waals surface area (Å²) in [5.74, 6) is 0. The molecule has 0 aliphatic heterocycles. The Morgan fingerprint density at radius 2 is 1.93 bits per heavy atom. The Balaban J connectivity index is 4.21. The summed E-state index contributed by atoms with van der Waals surface area (Å²) in [5.41, 5.74) is 5.13. The first kappa shape index (κ1) is 14.4. The van der Waals surface area contributed by atoms with Crippen molar-refractivity contribution in [2.45, 2.75) is 64.6 Å². The number of nitrogens with two attached hydrogens (primary N) is 1. The van der Waals surface area contributed by atoms with Crippen LogP contribution in [0.25, 0.3) is 0 Å². The highest BCUT2D eigenvalue weighted by Crippen LogP contribution is 2.15. The number of nitriles is 1. The van der Waals surface area contributed by atoms with Gasteiger partial charge in [0.15, 0.2) is 0 Å². The molecule has 15 heavy (non-hydrogen) atoms. The molecule has 0 aromatic carbocycles. The highest BCUT2D eigenvalue weighted by atomic mass is 15.1. The van der Waals surface area contributed by atoms with Crippen LogP contribution in [0.15, 0.2) is 0 Å². The molecule has 0 heterocycles. The number of nitrogens with zero attached hydrogens (tertiary/aromatic N) is 2. The molecule has 0 bridgehead atoms. The average molecular weight is 211 g/mol. The maximum absolute atomic E-state index is 8.87. The molecule has 0 saturated carbocycles. The van der Waals surface area contributed by atoms with Crippen molar-refractivity contribution in [3.8, 4) is 6.07 Å². The second-order valence-electron chi connectivity index (χ2n) is 4.89. The summed E-state index contributed by atoms with van der Waals surface area (Å²) in [6.45, 7) is 8.34. The van der Waals surface area contributed by atoms with Crippen molar-refractivity contribution in [2.24, 2.45) is 5.73 Å². The van der Waals surface area contributed by atoms with E-state index in [-0.39, 0.29) is 0 Å². The third kappa shape index (κ3) is 5.15. The van der Waals surface area contributed by atoms with E-state index in [1.54, 1.807) is 6.92 Å². The normalized spacial score (nSPS) is 19.3. The largest absolute Gasteiger partial charge is 0.314 e. The predicted molar refractivity (Wildman–Crippen MR) is 64.4 cm³/mol. The van der Waals surface area contributed by atoms with Gasteiger partial charge in [0.2, 0.25) is 0 Å².